The second kappa shape index (κ2) is 14.0. The lowest BCUT2D eigenvalue weighted by Gasteiger charge is -2.11. The fourth-order valence-electron chi connectivity index (χ4n) is 2.71. The molecule has 0 radical (unpaired) electrons. The van der Waals surface area contributed by atoms with E-state index in [-0.39, 0.29) is 24.3 Å². The van der Waals surface area contributed by atoms with Crippen LogP contribution >= 0.6 is 55.1 Å². The second-order valence-corrected chi connectivity index (χ2v) is 9.89. The molecule has 0 saturated carbocycles. The predicted molar refractivity (Wildman–Crippen MR) is 147 cm³/mol. The van der Waals surface area contributed by atoms with Crippen LogP contribution in [0, 0.1) is 0 Å². The number of carbonyl (C=O) groups excluding carboxylic acids is 4. The Morgan fingerprint density at radius 1 is 0.605 bits per heavy atom. The first kappa shape index (κ1) is 29.2. The molecule has 38 heavy (non-hydrogen) atoms. The SMILES string of the molecule is O=C(COc1ccc(Cl)cc1Br)NNC(=O)c1ccc(C(=O)NNC(=O)COc2ccc(Cl)cc2Br)cc1. The van der Waals surface area contributed by atoms with Crippen LogP contribution in [0.1, 0.15) is 20.7 Å². The highest BCUT2D eigenvalue weighted by Crippen LogP contribution is 2.28. The fourth-order valence-corrected chi connectivity index (χ4v) is 4.31. The number of nitrogens with one attached hydrogen (secondary N) is 4. The van der Waals surface area contributed by atoms with Gasteiger partial charge in [-0.3, -0.25) is 40.9 Å². The van der Waals surface area contributed by atoms with Crippen molar-refractivity contribution in [1.82, 2.24) is 21.7 Å². The van der Waals surface area contributed by atoms with E-state index in [4.69, 9.17) is 32.7 Å². The second-order valence-electron chi connectivity index (χ2n) is 7.31. The lowest BCUT2D eigenvalue weighted by Crippen LogP contribution is -2.44. The van der Waals surface area contributed by atoms with Gasteiger partial charge in [0.2, 0.25) is 0 Å². The molecule has 0 atom stereocenters. The highest BCUT2D eigenvalue weighted by atomic mass is 79.9. The zero-order valence-electron chi connectivity index (χ0n) is 19.1. The zero-order chi connectivity index (χ0) is 27.7. The molecular weight excluding hydrogens is 671 g/mol. The molecule has 0 heterocycles. The quantitative estimate of drug-likeness (QED) is 0.262. The minimum absolute atomic E-state index is 0.175. The average molecular weight is 689 g/mol. The average Bonchev–Trinajstić information content (AvgIpc) is 2.89. The van der Waals surface area contributed by atoms with Crippen LogP contribution in [-0.2, 0) is 9.59 Å². The number of benzene rings is 3. The molecule has 0 aliphatic carbocycles. The normalized spacial score (nSPS) is 10.2. The van der Waals surface area contributed by atoms with Crippen molar-refractivity contribution in [2.75, 3.05) is 13.2 Å². The molecule has 3 rings (SSSR count). The van der Waals surface area contributed by atoms with E-state index in [1.807, 2.05) is 0 Å². The van der Waals surface area contributed by atoms with Crippen molar-refractivity contribution in [2.45, 2.75) is 0 Å². The van der Waals surface area contributed by atoms with Gasteiger partial charge in [-0.1, -0.05) is 23.2 Å². The van der Waals surface area contributed by atoms with Crippen molar-refractivity contribution in [3.63, 3.8) is 0 Å². The first-order chi connectivity index (χ1) is 18.1. The van der Waals surface area contributed by atoms with E-state index < -0.39 is 23.6 Å². The van der Waals surface area contributed by atoms with Crippen molar-refractivity contribution >= 4 is 78.7 Å². The first-order valence-electron chi connectivity index (χ1n) is 10.6. The molecule has 4 amide bonds. The summed E-state index contributed by atoms with van der Waals surface area (Å²) in [4.78, 5) is 48.5. The molecule has 14 heteroatoms. The summed E-state index contributed by atoms with van der Waals surface area (Å²) in [6.07, 6.45) is 0. The maximum absolute atomic E-state index is 12.3. The monoisotopic (exact) mass is 686 g/mol. The molecule has 0 aliphatic rings. The topological polar surface area (TPSA) is 135 Å². The van der Waals surface area contributed by atoms with Crippen molar-refractivity contribution in [1.29, 1.82) is 0 Å². The molecule has 10 nitrogen and oxygen atoms in total. The molecule has 0 aromatic heterocycles. The fraction of sp³-hybridized carbons (Fsp3) is 0.0833. The van der Waals surface area contributed by atoms with Crippen LogP contribution < -0.4 is 31.2 Å². The van der Waals surface area contributed by atoms with E-state index in [2.05, 4.69) is 53.6 Å². The number of hydrazine groups is 2. The molecule has 0 bridgehead atoms. The highest BCUT2D eigenvalue weighted by molar-refractivity contribution is 9.10. The van der Waals surface area contributed by atoms with Crippen LogP contribution in [0.3, 0.4) is 0 Å². The van der Waals surface area contributed by atoms with Crippen LogP contribution in [0.2, 0.25) is 10.0 Å². The third-order valence-corrected chi connectivity index (χ3v) is 6.26. The largest absolute Gasteiger partial charge is 0.483 e. The molecule has 0 aliphatic heterocycles. The summed E-state index contributed by atoms with van der Waals surface area (Å²) < 4.78 is 11.9. The zero-order valence-corrected chi connectivity index (χ0v) is 23.8. The lowest BCUT2D eigenvalue weighted by atomic mass is 10.1. The van der Waals surface area contributed by atoms with Gasteiger partial charge in [-0.05, 0) is 92.5 Å². The third-order valence-electron chi connectivity index (χ3n) is 4.55. The summed E-state index contributed by atoms with van der Waals surface area (Å²) in [6.45, 7) is -0.708. The molecular formula is C24H18Br2Cl2N4O6. The summed E-state index contributed by atoms with van der Waals surface area (Å²) in [5, 5.41) is 1.00. The Balaban J connectivity index is 1.40. The number of halogens is 4. The van der Waals surface area contributed by atoms with Crippen LogP contribution in [-0.4, -0.2) is 36.8 Å². The van der Waals surface area contributed by atoms with E-state index in [1.54, 1.807) is 36.4 Å². The van der Waals surface area contributed by atoms with Gasteiger partial charge < -0.3 is 9.47 Å². The number of hydrogen-bond acceptors (Lipinski definition) is 6. The van der Waals surface area contributed by atoms with Crippen LogP contribution in [0.25, 0.3) is 0 Å². The molecule has 0 unspecified atom stereocenters. The van der Waals surface area contributed by atoms with Gasteiger partial charge in [0.05, 0.1) is 8.95 Å². The molecule has 0 saturated heterocycles. The van der Waals surface area contributed by atoms with Crippen LogP contribution in [0.4, 0.5) is 0 Å². The van der Waals surface area contributed by atoms with Gasteiger partial charge in [0.1, 0.15) is 11.5 Å². The molecule has 0 fully saturated rings. The Labute approximate surface area is 243 Å². The van der Waals surface area contributed by atoms with Crippen molar-refractivity contribution in [3.05, 3.63) is 90.8 Å². The number of hydrogen-bond donors (Lipinski definition) is 4. The summed E-state index contributed by atoms with van der Waals surface area (Å²) in [5.41, 5.74) is 9.31. The number of ether oxygens (including phenoxy) is 2. The summed E-state index contributed by atoms with van der Waals surface area (Å²) in [5.74, 6) is -1.61. The Morgan fingerprint density at radius 2 is 0.974 bits per heavy atom. The Morgan fingerprint density at radius 3 is 1.32 bits per heavy atom. The summed E-state index contributed by atoms with van der Waals surface area (Å²) in [6, 6.07) is 15.1. The molecule has 3 aromatic rings. The van der Waals surface area contributed by atoms with Gasteiger partial charge in [0, 0.05) is 21.2 Å². The Kier molecular flexibility index (Phi) is 10.8. The smallest absolute Gasteiger partial charge is 0.276 e. The maximum Gasteiger partial charge on any atom is 0.276 e. The van der Waals surface area contributed by atoms with Gasteiger partial charge >= 0.3 is 0 Å². The van der Waals surface area contributed by atoms with Crippen molar-refractivity contribution in [2.24, 2.45) is 0 Å². The highest BCUT2D eigenvalue weighted by Gasteiger charge is 2.12. The van der Waals surface area contributed by atoms with Gasteiger partial charge in [-0.2, -0.15) is 0 Å². The lowest BCUT2D eigenvalue weighted by molar-refractivity contribution is -0.124. The van der Waals surface area contributed by atoms with Crippen molar-refractivity contribution < 1.29 is 28.7 Å². The van der Waals surface area contributed by atoms with Crippen LogP contribution in [0.15, 0.2) is 69.6 Å². The van der Waals surface area contributed by atoms with Gasteiger partial charge in [0.25, 0.3) is 23.6 Å². The van der Waals surface area contributed by atoms with E-state index in [0.29, 0.717) is 30.5 Å². The standard InChI is InChI=1S/C24H18Br2Cl2N4O6/c25-17-9-15(27)5-7-19(17)37-11-21(33)29-31-23(35)13-1-2-14(4-3-13)24(36)32-30-22(34)12-38-20-8-6-16(28)10-18(20)26/h1-10H,11-12H2,(H,29,33)(H,30,34)(H,31,35)(H,32,36). The van der Waals surface area contributed by atoms with Crippen LogP contribution in [0.5, 0.6) is 11.5 Å². The summed E-state index contributed by atoms with van der Waals surface area (Å²) >= 11 is 18.3. The minimum atomic E-state index is -0.614. The Hall–Kier alpha value is -3.32. The van der Waals surface area contributed by atoms with E-state index >= 15 is 0 Å². The maximum atomic E-state index is 12.3. The van der Waals surface area contributed by atoms with Gasteiger partial charge in [-0.25, -0.2) is 0 Å². The number of carbonyl (C=O) groups is 4. The van der Waals surface area contributed by atoms with E-state index in [1.165, 1.54) is 24.3 Å². The van der Waals surface area contributed by atoms with Crippen molar-refractivity contribution in [3.8, 4) is 11.5 Å². The molecule has 198 valence electrons. The first-order valence-corrected chi connectivity index (χ1v) is 12.9. The van der Waals surface area contributed by atoms with Gasteiger partial charge in [0.15, 0.2) is 13.2 Å². The third kappa shape index (κ3) is 8.91. The summed E-state index contributed by atoms with van der Waals surface area (Å²) in [7, 11) is 0. The van der Waals surface area contributed by atoms with Gasteiger partial charge in [-0.15, -0.1) is 0 Å². The predicted octanol–water partition coefficient (Wildman–Crippen LogP) is 4.20. The molecule has 0 spiro atoms. The Bertz CT molecular complexity index is 1260. The molecule has 3 aromatic carbocycles. The number of rotatable bonds is 8. The molecule has 4 N–H and O–H groups in total. The van der Waals surface area contributed by atoms with E-state index in [0.717, 1.165) is 0 Å². The number of amides is 4. The van der Waals surface area contributed by atoms with E-state index in [9.17, 15) is 19.2 Å². The minimum Gasteiger partial charge on any atom is -0.483 e.